The number of hydrogen-bond acceptors (Lipinski definition) is 6. The fraction of sp³-hybridized carbons (Fsp3) is 0.562. The Bertz CT molecular complexity index is 676. The zero-order valence-corrected chi connectivity index (χ0v) is 15.3. The predicted octanol–water partition coefficient (Wildman–Crippen LogP) is -0.200. The zero-order chi connectivity index (χ0) is 18.4. The smallest absolute Gasteiger partial charge is 0.248 e. The minimum atomic E-state index is -3.75. The van der Waals surface area contributed by atoms with Crippen LogP contribution < -0.4 is 10.5 Å². The van der Waals surface area contributed by atoms with Crippen LogP contribution >= 0.6 is 0 Å². The van der Waals surface area contributed by atoms with Crippen molar-refractivity contribution in [3.05, 3.63) is 29.8 Å². The lowest BCUT2D eigenvalue weighted by Gasteiger charge is -2.32. The number of primary amides is 1. The van der Waals surface area contributed by atoms with Gasteiger partial charge in [-0.3, -0.25) is 4.79 Å². The lowest BCUT2D eigenvalue weighted by atomic mass is 10.1. The third kappa shape index (κ3) is 5.75. The number of sulfonamides is 1. The van der Waals surface area contributed by atoms with Gasteiger partial charge in [-0.1, -0.05) is 0 Å². The van der Waals surface area contributed by atoms with Crippen molar-refractivity contribution in [2.24, 2.45) is 5.73 Å². The monoisotopic (exact) mass is 371 g/mol. The molecule has 0 unspecified atom stereocenters. The lowest BCUT2D eigenvalue weighted by Crippen LogP contribution is -2.50. The second-order valence-corrected chi connectivity index (χ2v) is 7.91. The van der Waals surface area contributed by atoms with Crippen LogP contribution in [0.3, 0.4) is 0 Å². The maximum Gasteiger partial charge on any atom is 0.248 e. The lowest BCUT2D eigenvalue weighted by molar-refractivity contribution is -0.0527. The first-order valence-corrected chi connectivity index (χ1v) is 9.54. The SMILES string of the molecule is CN(C)CCO[C@H]1CCOC[C@H]1NS(=O)(=O)c1ccc(C(N)=O)cc1. The molecule has 9 heteroatoms. The molecule has 0 saturated carbocycles. The Balaban J connectivity index is 2.04. The number of nitrogens with two attached hydrogens (primary N) is 1. The van der Waals surface area contributed by atoms with Crippen LogP contribution in [0.4, 0.5) is 0 Å². The van der Waals surface area contributed by atoms with Gasteiger partial charge in [-0.15, -0.1) is 0 Å². The molecular formula is C16H25N3O5S. The summed E-state index contributed by atoms with van der Waals surface area (Å²) in [7, 11) is 0.146. The van der Waals surface area contributed by atoms with Gasteiger partial charge < -0.3 is 20.1 Å². The standard InChI is InChI=1S/C16H25N3O5S/c1-19(2)8-10-24-15-7-9-23-11-14(15)18-25(21,22)13-5-3-12(4-6-13)16(17)20/h3-6,14-15,18H,7-11H2,1-2H3,(H2,17,20)/t14-,15+/m1/s1. The molecular weight excluding hydrogens is 346 g/mol. The third-order valence-corrected chi connectivity index (χ3v) is 5.42. The van der Waals surface area contributed by atoms with Gasteiger partial charge in [0.25, 0.3) is 0 Å². The number of benzene rings is 1. The summed E-state index contributed by atoms with van der Waals surface area (Å²) in [5, 5.41) is 0. The van der Waals surface area contributed by atoms with Crippen LogP contribution in [0, 0.1) is 0 Å². The summed E-state index contributed by atoms with van der Waals surface area (Å²) >= 11 is 0. The van der Waals surface area contributed by atoms with Crippen LogP contribution in [-0.2, 0) is 19.5 Å². The van der Waals surface area contributed by atoms with E-state index in [9.17, 15) is 13.2 Å². The maximum atomic E-state index is 12.6. The topological polar surface area (TPSA) is 111 Å². The first-order chi connectivity index (χ1) is 11.8. The Labute approximate surface area is 148 Å². The Morgan fingerprint density at radius 1 is 1.36 bits per heavy atom. The highest BCUT2D eigenvalue weighted by atomic mass is 32.2. The molecule has 2 atom stereocenters. The van der Waals surface area contributed by atoms with Crippen molar-refractivity contribution in [2.75, 3.05) is 40.5 Å². The van der Waals surface area contributed by atoms with Crippen molar-refractivity contribution in [3.63, 3.8) is 0 Å². The highest BCUT2D eigenvalue weighted by molar-refractivity contribution is 7.89. The van der Waals surface area contributed by atoms with Crippen molar-refractivity contribution in [3.8, 4) is 0 Å². The maximum absolute atomic E-state index is 12.6. The minimum Gasteiger partial charge on any atom is -0.380 e. The van der Waals surface area contributed by atoms with E-state index < -0.39 is 22.0 Å². The van der Waals surface area contributed by atoms with Crippen molar-refractivity contribution in [2.45, 2.75) is 23.5 Å². The molecule has 0 bridgehead atoms. The molecule has 0 aliphatic carbocycles. The van der Waals surface area contributed by atoms with Crippen LogP contribution in [-0.4, -0.2) is 71.8 Å². The van der Waals surface area contributed by atoms with Crippen LogP contribution in [0.15, 0.2) is 29.2 Å². The van der Waals surface area contributed by atoms with E-state index in [4.69, 9.17) is 15.2 Å². The number of rotatable bonds is 8. The van der Waals surface area contributed by atoms with E-state index >= 15 is 0 Å². The molecule has 1 saturated heterocycles. The van der Waals surface area contributed by atoms with Gasteiger partial charge in [0.15, 0.2) is 0 Å². The molecule has 1 amide bonds. The number of likely N-dealkylation sites (N-methyl/N-ethyl adjacent to an activating group) is 1. The summed E-state index contributed by atoms with van der Waals surface area (Å²) in [6.07, 6.45) is 0.384. The normalized spacial score (nSPS) is 21.4. The van der Waals surface area contributed by atoms with E-state index in [2.05, 4.69) is 4.72 Å². The molecule has 1 heterocycles. The van der Waals surface area contributed by atoms with E-state index in [0.29, 0.717) is 19.6 Å². The quantitative estimate of drug-likeness (QED) is 0.655. The Morgan fingerprint density at radius 2 is 2.04 bits per heavy atom. The molecule has 3 N–H and O–H groups in total. The fourth-order valence-corrected chi connectivity index (χ4v) is 3.73. The molecule has 1 aromatic rings. The molecule has 25 heavy (non-hydrogen) atoms. The van der Waals surface area contributed by atoms with Gasteiger partial charge in [-0.2, -0.15) is 0 Å². The predicted molar refractivity (Wildman–Crippen MR) is 92.8 cm³/mol. The zero-order valence-electron chi connectivity index (χ0n) is 14.5. The van der Waals surface area contributed by atoms with Crippen molar-refractivity contribution < 1.29 is 22.7 Å². The van der Waals surface area contributed by atoms with Gasteiger partial charge >= 0.3 is 0 Å². The summed E-state index contributed by atoms with van der Waals surface area (Å²) in [5.74, 6) is -0.605. The van der Waals surface area contributed by atoms with Crippen molar-refractivity contribution >= 4 is 15.9 Å². The van der Waals surface area contributed by atoms with Crippen molar-refractivity contribution in [1.29, 1.82) is 0 Å². The molecule has 0 spiro atoms. The average Bonchev–Trinajstić information content (AvgIpc) is 2.56. The Kier molecular flexibility index (Phi) is 6.91. The second kappa shape index (κ2) is 8.72. The number of carbonyl (C=O) groups excluding carboxylic acids is 1. The van der Waals surface area contributed by atoms with E-state index in [-0.39, 0.29) is 23.2 Å². The number of ether oxygens (including phenoxy) is 2. The van der Waals surface area contributed by atoms with Crippen LogP contribution in [0.25, 0.3) is 0 Å². The van der Waals surface area contributed by atoms with Crippen LogP contribution in [0.5, 0.6) is 0 Å². The van der Waals surface area contributed by atoms with E-state index in [1.807, 2.05) is 19.0 Å². The Morgan fingerprint density at radius 3 is 2.64 bits per heavy atom. The molecule has 1 fully saturated rings. The number of hydrogen-bond donors (Lipinski definition) is 2. The third-order valence-electron chi connectivity index (χ3n) is 3.92. The summed E-state index contributed by atoms with van der Waals surface area (Å²) in [4.78, 5) is 13.2. The minimum absolute atomic E-state index is 0.0649. The molecule has 2 rings (SSSR count). The van der Waals surface area contributed by atoms with Gasteiger partial charge in [-0.25, -0.2) is 13.1 Å². The number of carbonyl (C=O) groups is 1. The van der Waals surface area contributed by atoms with Crippen LogP contribution in [0.2, 0.25) is 0 Å². The summed E-state index contributed by atoms with van der Waals surface area (Å²) in [6, 6.07) is 5.03. The van der Waals surface area contributed by atoms with Gasteiger partial charge in [-0.05, 0) is 44.8 Å². The van der Waals surface area contributed by atoms with E-state index in [1.165, 1.54) is 24.3 Å². The Hall–Kier alpha value is -1.52. The van der Waals surface area contributed by atoms with E-state index in [0.717, 1.165) is 6.54 Å². The number of nitrogens with one attached hydrogen (secondary N) is 1. The molecule has 1 aromatic carbocycles. The largest absolute Gasteiger partial charge is 0.380 e. The van der Waals surface area contributed by atoms with Gasteiger partial charge in [0.05, 0.1) is 30.3 Å². The summed E-state index contributed by atoms with van der Waals surface area (Å²) in [6.45, 7) is 2.07. The number of amides is 1. The average molecular weight is 371 g/mol. The fourth-order valence-electron chi connectivity index (χ4n) is 2.48. The van der Waals surface area contributed by atoms with Gasteiger partial charge in [0, 0.05) is 18.7 Å². The highest BCUT2D eigenvalue weighted by Crippen LogP contribution is 2.16. The summed E-state index contributed by atoms with van der Waals surface area (Å²) in [5.41, 5.74) is 5.42. The first-order valence-electron chi connectivity index (χ1n) is 8.06. The summed E-state index contributed by atoms with van der Waals surface area (Å²) < 4.78 is 39.0. The molecule has 140 valence electrons. The van der Waals surface area contributed by atoms with E-state index in [1.54, 1.807) is 0 Å². The first kappa shape index (κ1) is 19.8. The second-order valence-electron chi connectivity index (χ2n) is 6.19. The van der Waals surface area contributed by atoms with Crippen molar-refractivity contribution in [1.82, 2.24) is 9.62 Å². The van der Waals surface area contributed by atoms with Gasteiger partial charge in [0.1, 0.15) is 0 Å². The number of nitrogens with zero attached hydrogens (tertiary/aromatic N) is 1. The molecule has 1 aliphatic rings. The van der Waals surface area contributed by atoms with Crippen LogP contribution in [0.1, 0.15) is 16.8 Å². The molecule has 8 nitrogen and oxygen atoms in total. The molecule has 1 aliphatic heterocycles. The molecule has 0 aromatic heterocycles. The van der Waals surface area contributed by atoms with Gasteiger partial charge in [0.2, 0.25) is 15.9 Å². The highest BCUT2D eigenvalue weighted by Gasteiger charge is 2.31. The molecule has 0 radical (unpaired) electrons.